The monoisotopic (exact) mass is 362 g/mol. The first-order valence-electron chi connectivity index (χ1n) is 8.71. The van der Waals surface area contributed by atoms with Crippen LogP contribution in [0.1, 0.15) is 21.6 Å². The maximum atomic E-state index is 12.3. The zero-order chi connectivity index (χ0) is 19.1. The summed E-state index contributed by atoms with van der Waals surface area (Å²) in [7, 11) is 1.65. The summed E-state index contributed by atoms with van der Waals surface area (Å²) in [6.45, 7) is 2.66. The molecule has 1 aromatic heterocycles. The Morgan fingerprint density at radius 1 is 1.04 bits per heavy atom. The predicted molar refractivity (Wildman–Crippen MR) is 106 cm³/mol. The molecule has 3 rings (SSSR count). The first-order valence-corrected chi connectivity index (χ1v) is 8.71. The minimum atomic E-state index is -0.276. The van der Waals surface area contributed by atoms with Crippen molar-refractivity contribution in [3.8, 4) is 5.75 Å². The van der Waals surface area contributed by atoms with Crippen LogP contribution in [-0.4, -0.2) is 29.5 Å². The third-order valence-electron chi connectivity index (χ3n) is 4.16. The quantitative estimate of drug-likeness (QED) is 0.670. The van der Waals surface area contributed by atoms with Crippen molar-refractivity contribution in [1.82, 2.24) is 9.97 Å². The van der Waals surface area contributed by atoms with Gasteiger partial charge in [-0.2, -0.15) is 0 Å². The number of carbonyl (C=O) groups excluding carboxylic acids is 1. The Morgan fingerprint density at radius 3 is 2.48 bits per heavy atom. The van der Waals surface area contributed by atoms with Crippen LogP contribution in [0.15, 0.2) is 60.9 Å². The minimum Gasteiger partial charge on any atom is -0.497 e. The van der Waals surface area contributed by atoms with Gasteiger partial charge in [0.05, 0.1) is 19.5 Å². The topological polar surface area (TPSA) is 76.1 Å². The summed E-state index contributed by atoms with van der Waals surface area (Å²) in [6, 6.07) is 15.6. The Kier molecular flexibility index (Phi) is 5.99. The van der Waals surface area contributed by atoms with Crippen molar-refractivity contribution in [2.45, 2.75) is 13.3 Å². The summed E-state index contributed by atoms with van der Waals surface area (Å²) in [5, 5.41) is 6.06. The number of nitrogens with zero attached hydrogens (tertiary/aromatic N) is 2. The molecule has 0 saturated carbocycles. The molecule has 0 spiro atoms. The maximum Gasteiger partial charge on any atom is 0.275 e. The van der Waals surface area contributed by atoms with Gasteiger partial charge in [0.1, 0.15) is 17.3 Å². The number of nitrogens with one attached hydrogen (secondary N) is 2. The van der Waals surface area contributed by atoms with Gasteiger partial charge >= 0.3 is 0 Å². The molecule has 138 valence electrons. The van der Waals surface area contributed by atoms with Gasteiger partial charge in [-0.3, -0.25) is 4.79 Å². The van der Waals surface area contributed by atoms with Gasteiger partial charge in [0.25, 0.3) is 5.91 Å². The molecule has 0 saturated heterocycles. The Labute approximate surface area is 158 Å². The highest BCUT2D eigenvalue weighted by Crippen LogP contribution is 2.14. The summed E-state index contributed by atoms with van der Waals surface area (Å²) >= 11 is 0. The molecule has 0 aliphatic heterocycles. The lowest BCUT2D eigenvalue weighted by molar-refractivity contribution is 0.102. The Hall–Kier alpha value is -3.41. The van der Waals surface area contributed by atoms with Crippen LogP contribution in [0.2, 0.25) is 0 Å². The summed E-state index contributed by atoms with van der Waals surface area (Å²) < 4.78 is 5.15. The lowest BCUT2D eigenvalue weighted by Gasteiger charge is -2.09. The van der Waals surface area contributed by atoms with Crippen LogP contribution in [-0.2, 0) is 6.42 Å². The molecule has 0 atom stereocenters. The van der Waals surface area contributed by atoms with Crippen molar-refractivity contribution >= 4 is 17.4 Å². The number of amides is 1. The number of hydrogen-bond donors (Lipinski definition) is 2. The molecular weight excluding hydrogens is 340 g/mol. The van der Waals surface area contributed by atoms with Crippen molar-refractivity contribution < 1.29 is 9.53 Å². The van der Waals surface area contributed by atoms with Crippen LogP contribution in [0.4, 0.5) is 11.5 Å². The number of methoxy groups -OCH3 is 1. The van der Waals surface area contributed by atoms with Crippen LogP contribution in [0.3, 0.4) is 0 Å². The Balaban J connectivity index is 1.52. The molecule has 2 aromatic carbocycles. The highest BCUT2D eigenvalue weighted by Gasteiger charge is 2.09. The molecule has 6 heteroatoms. The number of aromatic nitrogens is 2. The smallest absolute Gasteiger partial charge is 0.275 e. The second kappa shape index (κ2) is 8.80. The van der Waals surface area contributed by atoms with Gasteiger partial charge in [0.2, 0.25) is 0 Å². The van der Waals surface area contributed by atoms with E-state index in [9.17, 15) is 4.79 Å². The van der Waals surface area contributed by atoms with Crippen LogP contribution in [0.25, 0.3) is 0 Å². The first-order chi connectivity index (χ1) is 13.2. The molecule has 0 aliphatic rings. The number of hydrogen-bond acceptors (Lipinski definition) is 5. The summed E-state index contributed by atoms with van der Waals surface area (Å²) in [5.74, 6) is 1.20. The molecule has 2 N–H and O–H groups in total. The Bertz CT molecular complexity index is 893. The van der Waals surface area contributed by atoms with Gasteiger partial charge in [0, 0.05) is 12.2 Å². The molecule has 0 radical (unpaired) electrons. The van der Waals surface area contributed by atoms with Crippen molar-refractivity contribution in [1.29, 1.82) is 0 Å². The van der Waals surface area contributed by atoms with E-state index in [-0.39, 0.29) is 11.6 Å². The predicted octanol–water partition coefficient (Wildman–Crippen LogP) is 3.70. The number of anilines is 2. The summed E-state index contributed by atoms with van der Waals surface area (Å²) in [6.07, 6.45) is 3.89. The van der Waals surface area contributed by atoms with Gasteiger partial charge in [-0.05, 0) is 42.7 Å². The molecule has 3 aromatic rings. The highest BCUT2D eigenvalue weighted by atomic mass is 16.5. The molecule has 1 heterocycles. The third kappa shape index (κ3) is 5.04. The third-order valence-corrected chi connectivity index (χ3v) is 4.16. The summed E-state index contributed by atoms with van der Waals surface area (Å²) in [4.78, 5) is 20.8. The zero-order valence-electron chi connectivity index (χ0n) is 15.4. The van der Waals surface area contributed by atoms with Gasteiger partial charge in [0.15, 0.2) is 0 Å². The highest BCUT2D eigenvalue weighted by molar-refractivity contribution is 6.03. The number of ether oxygens (including phenoxy) is 1. The average molecular weight is 362 g/mol. The van der Waals surface area contributed by atoms with E-state index in [1.165, 1.54) is 11.8 Å². The molecule has 1 amide bonds. The minimum absolute atomic E-state index is 0.276. The number of carbonyl (C=O) groups is 1. The van der Waals surface area contributed by atoms with E-state index < -0.39 is 0 Å². The lowest BCUT2D eigenvalue weighted by Crippen LogP contribution is -2.15. The normalized spacial score (nSPS) is 10.3. The lowest BCUT2D eigenvalue weighted by atomic mass is 10.1. The number of para-hydroxylation sites is 1. The standard InChI is InChI=1S/C21H22N4O2/c1-15-5-3-4-6-18(15)25-21(26)19-13-24-20(14-23-19)22-12-11-16-7-9-17(27-2)10-8-16/h3-10,13-14H,11-12H2,1-2H3,(H,22,24)(H,25,26). The largest absolute Gasteiger partial charge is 0.497 e. The van der Waals surface area contributed by atoms with Crippen molar-refractivity contribution in [2.24, 2.45) is 0 Å². The van der Waals surface area contributed by atoms with Crippen LogP contribution in [0, 0.1) is 6.92 Å². The molecule has 6 nitrogen and oxygen atoms in total. The van der Waals surface area contributed by atoms with E-state index in [2.05, 4.69) is 20.6 Å². The second-order valence-corrected chi connectivity index (χ2v) is 6.08. The van der Waals surface area contributed by atoms with Crippen molar-refractivity contribution in [2.75, 3.05) is 24.3 Å². The van der Waals surface area contributed by atoms with Crippen LogP contribution >= 0.6 is 0 Å². The molecular formula is C21H22N4O2. The zero-order valence-corrected chi connectivity index (χ0v) is 15.4. The van der Waals surface area contributed by atoms with Crippen LogP contribution < -0.4 is 15.4 Å². The van der Waals surface area contributed by atoms with E-state index in [1.54, 1.807) is 13.3 Å². The van der Waals surface area contributed by atoms with Gasteiger partial charge in [-0.15, -0.1) is 0 Å². The fourth-order valence-electron chi connectivity index (χ4n) is 2.56. The van der Waals surface area contributed by atoms with E-state index in [4.69, 9.17) is 4.74 Å². The Morgan fingerprint density at radius 2 is 1.81 bits per heavy atom. The van der Waals surface area contributed by atoms with Crippen molar-refractivity contribution in [3.05, 3.63) is 77.7 Å². The fraction of sp³-hybridized carbons (Fsp3) is 0.190. The summed E-state index contributed by atoms with van der Waals surface area (Å²) in [5.41, 5.74) is 3.24. The molecule has 0 fully saturated rings. The fourth-order valence-corrected chi connectivity index (χ4v) is 2.56. The average Bonchev–Trinajstić information content (AvgIpc) is 2.71. The van der Waals surface area contributed by atoms with E-state index >= 15 is 0 Å². The second-order valence-electron chi connectivity index (χ2n) is 6.08. The molecule has 0 bridgehead atoms. The van der Waals surface area contributed by atoms with Gasteiger partial charge < -0.3 is 15.4 Å². The molecule has 27 heavy (non-hydrogen) atoms. The van der Waals surface area contributed by atoms with E-state index in [1.807, 2.05) is 55.5 Å². The van der Waals surface area contributed by atoms with E-state index in [0.29, 0.717) is 5.82 Å². The van der Waals surface area contributed by atoms with Gasteiger partial charge in [-0.25, -0.2) is 9.97 Å². The number of benzene rings is 2. The van der Waals surface area contributed by atoms with E-state index in [0.717, 1.165) is 30.0 Å². The van der Waals surface area contributed by atoms with Gasteiger partial charge in [-0.1, -0.05) is 30.3 Å². The number of rotatable bonds is 7. The first kappa shape index (κ1) is 18.4. The molecule has 0 unspecified atom stereocenters. The maximum absolute atomic E-state index is 12.3. The number of aryl methyl sites for hydroxylation is 1. The molecule has 0 aliphatic carbocycles. The van der Waals surface area contributed by atoms with Crippen LogP contribution in [0.5, 0.6) is 5.75 Å². The van der Waals surface area contributed by atoms with Crippen molar-refractivity contribution in [3.63, 3.8) is 0 Å². The SMILES string of the molecule is COc1ccc(CCNc2cnc(C(=O)Nc3ccccc3C)cn2)cc1.